The van der Waals surface area contributed by atoms with E-state index in [0.29, 0.717) is 5.88 Å². The number of rotatable bonds is 7. The van der Waals surface area contributed by atoms with Crippen LogP contribution in [0.1, 0.15) is 15.9 Å². The van der Waals surface area contributed by atoms with Gasteiger partial charge in [0.25, 0.3) is 15.9 Å². The van der Waals surface area contributed by atoms with E-state index in [-0.39, 0.29) is 27.7 Å². The zero-order valence-electron chi connectivity index (χ0n) is 15.4. The molecule has 9 heteroatoms. The van der Waals surface area contributed by atoms with E-state index >= 15 is 0 Å². The minimum atomic E-state index is -3.90. The summed E-state index contributed by atoms with van der Waals surface area (Å²) in [7, 11) is -2.39. The number of anilines is 1. The minimum Gasteiger partial charge on any atom is -0.481 e. The van der Waals surface area contributed by atoms with Crippen LogP contribution in [-0.4, -0.2) is 26.4 Å². The van der Waals surface area contributed by atoms with Gasteiger partial charge in [-0.05, 0) is 35.9 Å². The number of aromatic nitrogens is 1. The van der Waals surface area contributed by atoms with Crippen LogP contribution in [0.15, 0.2) is 71.8 Å². The lowest BCUT2D eigenvalue weighted by Crippen LogP contribution is -2.23. The van der Waals surface area contributed by atoms with Gasteiger partial charge in [0.2, 0.25) is 5.88 Å². The van der Waals surface area contributed by atoms with E-state index in [2.05, 4.69) is 15.0 Å². The average Bonchev–Trinajstić information content (AvgIpc) is 2.74. The van der Waals surface area contributed by atoms with Crippen molar-refractivity contribution >= 4 is 33.2 Å². The third kappa shape index (κ3) is 5.24. The smallest absolute Gasteiger partial charge is 0.261 e. The van der Waals surface area contributed by atoms with Crippen molar-refractivity contribution in [2.24, 2.45) is 0 Å². The van der Waals surface area contributed by atoms with Crippen molar-refractivity contribution in [3.05, 3.63) is 83.0 Å². The molecular formula is C20H18ClN3O4S. The van der Waals surface area contributed by atoms with Crippen LogP contribution >= 0.6 is 11.6 Å². The summed E-state index contributed by atoms with van der Waals surface area (Å²) < 4.78 is 32.7. The largest absolute Gasteiger partial charge is 0.481 e. The molecule has 1 amide bonds. The molecule has 3 rings (SSSR count). The van der Waals surface area contributed by atoms with E-state index in [9.17, 15) is 13.2 Å². The number of amides is 1. The van der Waals surface area contributed by atoms with Crippen molar-refractivity contribution in [3.63, 3.8) is 0 Å². The normalized spacial score (nSPS) is 11.0. The molecule has 0 aliphatic heterocycles. The van der Waals surface area contributed by atoms with Gasteiger partial charge in [-0.3, -0.25) is 9.52 Å². The van der Waals surface area contributed by atoms with Crippen LogP contribution in [0.4, 0.5) is 5.69 Å². The van der Waals surface area contributed by atoms with Gasteiger partial charge in [0, 0.05) is 24.4 Å². The van der Waals surface area contributed by atoms with E-state index in [0.717, 1.165) is 5.56 Å². The van der Waals surface area contributed by atoms with Crippen LogP contribution in [0, 0.1) is 0 Å². The molecule has 0 aliphatic carbocycles. The summed E-state index contributed by atoms with van der Waals surface area (Å²) in [6.45, 7) is 0.241. The van der Waals surface area contributed by atoms with E-state index < -0.39 is 15.9 Å². The molecule has 0 unspecified atom stereocenters. The van der Waals surface area contributed by atoms with Crippen LogP contribution in [0.3, 0.4) is 0 Å². The lowest BCUT2D eigenvalue weighted by molar-refractivity contribution is 0.0950. The van der Waals surface area contributed by atoms with Gasteiger partial charge in [0.15, 0.2) is 0 Å². The van der Waals surface area contributed by atoms with Crippen LogP contribution in [0.25, 0.3) is 0 Å². The van der Waals surface area contributed by atoms with E-state index in [1.807, 2.05) is 0 Å². The number of pyridine rings is 1. The third-order valence-electron chi connectivity index (χ3n) is 3.98. The summed E-state index contributed by atoms with van der Waals surface area (Å²) in [5.74, 6) is 0.0691. The number of methoxy groups -OCH3 is 1. The first-order valence-electron chi connectivity index (χ1n) is 8.53. The van der Waals surface area contributed by atoms with Gasteiger partial charge in [-0.1, -0.05) is 35.9 Å². The highest BCUT2D eigenvalue weighted by Gasteiger charge is 2.17. The Morgan fingerprint density at radius 2 is 1.90 bits per heavy atom. The van der Waals surface area contributed by atoms with Crippen LogP contribution in [0.5, 0.6) is 5.88 Å². The fourth-order valence-electron chi connectivity index (χ4n) is 2.47. The molecule has 7 nitrogen and oxygen atoms in total. The summed E-state index contributed by atoms with van der Waals surface area (Å²) in [4.78, 5) is 16.5. The molecule has 2 aromatic carbocycles. The van der Waals surface area contributed by atoms with Crippen molar-refractivity contribution in [1.29, 1.82) is 0 Å². The molecule has 0 radical (unpaired) electrons. The Bertz CT molecular complexity index is 1120. The van der Waals surface area contributed by atoms with Crippen LogP contribution in [0.2, 0.25) is 5.02 Å². The molecule has 2 N–H and O–H groups in total. The van der Waals surface area contributed by atoms with Gasteiger partial charge >= 0.3 is 0 Å². The second-order valence-corrected chi connectivity index (χ2v) is 8.09. The Morgan fingerprint density at radius 3 is 2.59 bits per heavy atom. The number of halogens is 1. The maximum atomic E-state index is 12.6. The Labute approximate surface area is 173 Å². The molecule has 0 saturated heterocycles. The summed E-state index contributed by atoms with van der Waals surface area (Å²) >= 11 is 6.01. The maximum absolute atomic E-state index is 12.6. The highest BCUT2D eigenvalue weighted by Crippen LogP contribution is 2.24. The topological polar surface area (TPSA) is 97.4 Å². The molecule has 150 valence electrons. The van der Waals surface area contributed by atoms with Crippen molar-refractivity contribution in [2.45, 2.75) is 11.4 Å². The summed E-state index contributed by atoms with van der Waals surface area (Å²) in [5.41, 5.74) is 1.26. The second kappa shape index (κ2) is 8.93. The first-order chi connectivity index (χ1) is 13.9. The number of nitrogens with zero attached hydrogens (tertiary/aromatic N) is 1. The number of hydrogen-bond acceptors (Lipinski definition) is 5. The number of ether oxygens (including phenoxy) is 1. The number of carbonyl (C=O) groups is 1. The number of para-hydroxylation sites is 1. The number of nitrogens with one attached hydrogen (secondary N) is 2. The standard InChI is InChI=1S/C20H18ClN3O4S/c1-28-19-10-9-14(12-22-19)13-23-20(25)15-5-4-6-16(11-15)29(26,27)24-18-8-3-2-7-17(18)21/h2-12,24H,13H2,1H3,(H,23,25). The summed E-state index contributed by atoms with van der Waals surface area (Å²) in [6.07, 6.45) is 1.59. The molecule has 0 spiro atoms. The molecule has 29 heavy (non-hydrogen) atoms. The first kappa shape index (κ1) is 20.6. The van der Waals surface area contributed by atoms with Crippen molar-refractivity contribution < 1.29 is 17.9 Å². The number of sulfonamides is 1. The molecule has 1 heterocycles. The monoisotopic (exact) mass is 431 g/mol. The molecule has 0 saturated carbocycles. The lowest BCUT2D eigenvalue weighted by atomic mass is 10.2. The Hall–Kier alpha value is -3.10. The highest BCUT2D eigenvalue weighted by atomic mass is 35.5. The summed E-state index contributed by atoms with van der Waals surface area (Å²) in [6, 6.07) is 15.7. The molecule has 0 bridgehead atoms. The number of hydrogen-bond donors (Lipinski definition) is 2. The average molecular weight is 432 g/mol. The lowest BCUT2D eigenvalue weighted by Gasteiger charge is -2.11. The molecule has 0 fully saturated rings. The highest BCUT2D eigenvalue weighted by molar-refractivity contribution is 7.92. The zero-order chi connectivity index (χ0) is 20.9. The van der Waals surface area contributed by atoms with E-state index in [4.69, 9.17) is 16.3 Å². The molecule has 0 aliphatic rings. The van der Waals surface area contributed by atoms with Crippen molar-refractivity contribution in [3.8, 4) is 5.88 Å². The van der Waals surface area contributed by atoms with Crippen molar-refractivity contribution in [1.82, 2.24) is 10.3 Å². The maximum Gasteiger partial charge on any atom is 0.261 e. The fourth-order valence-corrected chi connectivity index (χ4v) is 3.84. The number of carbonyl (C=O) groups excluding carboxylic acids is 1. The quantitative estimate of drug-likeness (QED) is 0.597. The molecular weight excluding hydrogens is 414 g/mol. The zero-order valence-corrected chi connectivity index (χ0v) is 17.0. The minimum absolute atomic E-state index is 0.0452. The Kier molecular flexibility index (Phi) is 6.36. The van der Waals surface area contributed by atoms with Gasteiger partial charge in [-0.25, -0.2) is 13.4 Å². The fraction of sp³-hybridized carbons (Fsp3) is 0.100. The predicted molar refractivity (Wildman–Crippen MR) is 111 cm³/mol. The summed E-state index contributed by atoms with van der Waals surface area (Å²) in [5, 5.41) is 3.01. The second-order valence-electron chi connectivity index (χ2n) is 6.00. The van der Waals surface area contributed by atoms with E-state index in [1.54, 1.807) is 42.6 Å². The molecule has 1 aromatic heterocycles. The molecule has 3 aromatic rings. The predicted octanol–water partition coefficient (Wildman–Crippen LogP) is 3.47. The SMILES string of the molecule is COc1ccc(CNC(=O)c2cccc(S(=O)(=O)Nc3ccccc3Cl)c2)cn1. The van der Waals surface area contributed by atoms with Crippen LogP contribution < -0.4 is 14.8 Å². The van der Waals surface area contributed by atoms with Crippen molar-refractivity contribution in [2.75, 3.05) is 11.8 Å². The van der Waals surface area contributed by atoms with Gasteiger partial charge in [-0.2, -0.15) is 0 Å². The van der Waals surface area contributed by atoms with Gasteiger partial charge in [-0.15, -0.1) is 0 Å². The molecule has 0 atom stereocenters. The third-order valence-corrected chi connectivity index (χ3v) is 5.68. The number of benzene rings is 2. The van der Waals surface area contributed by atoms with Crippen LogP contribution in [-0.2, 0) is 16.6 Å². The Balaban J connectivity index is 1.72. The van der Waals surface area contributed by atoms with Gasteiger partial charge < -0.3 is 10.1 Å². The Morgan fingerprint density at radius 1 is 1.10 bits per heavy atom. The first-order valence-corrected chi connectivity index (χ1v) is 10.4. The van der Waals surface area contributed by atoms with E-state index in [1.165, 1.54) is 31.4 Å². The van der Waals surface area contributed by atoms with Gasteiger partial charge in [0.05, 0.1) is 22.7 Å². The van der Waals surface area contributed by atoms with Gasteiger partial charge in [0.1, 0.15) is 0 Å².